The zero-order valence-electron chi connectivity index (χ0n) is 12.7. The molecule has 1 aliphatic heterocycles. The first-order valence-corrected chi connectivity index (χ1v) is 8.68. The highest BCUT2D eigenvalue weighted by Gasteiger charge is 2.33. The summed E-state index contributed by atoms with van der Waals surface area (Å²) in [5.74, 6) is 0.287. The third-order valence-electron chi connectivity index (χ3n) is 3.71. The van der Waals surface area contributed by atoms with Crippen LogP contribution in [0.25, 0.3) is 0 Å². The van der Waals surface area contributed by atoms with Crippen molar-refractivity contribution in [1.29, 1.82) is 0 Å². The van der Waals surface area contributed by atoms with E-state index in [4.69, 9.17) is 4.74 Å². The molecule has 7 nitrogen and oxygen atoms in total. The third kappa shape index (κ3) is 4.03. The molecule has 0 radical (unpaired) electrons. The lowest BCUT2D eigenvalue weighted by Gasteiger charge is -2.15. The van der Waals surface area contributed by atoms with E-state index in [9.17, 15) is 8.42 Å². The van der Waals surface area contributed by atoms with Crippen LogP contribution in [0.2, 0.25) is 0 Å². The monoisotopic (exact) mass is 316 g/mol. The molecule has 1 N–H and O–H groups in total. The van der Waals surface area contributed by atoms with Crippen molar-refractivity contribution >= 4 is 10.0 Å². The van der Waals surface area contributed by atoms with Crippen LogP contribution >= 0.6 is 0 Å². The first kappa shape index (κ1) is 16.4. The van der Waals surface area contributed by atoms with Crippen molar-refractivity contribution in [2.75, 3.05) is 40.4 Å². The fraction of sp³-hybridized carbons (Fsp3) is 0.769. The number of nitrogens with zero attached hydrogens (tertiary/aromatic N) is 3. The van der Waals surface area contributed by atoms with Gasteiger partial charge in [-0.15, -0.1) is 0 Å². The molecule has 0 spiro atoms. The van der Waals surface area contributed by atoms with Crippen LogP contribution in [0.1, 0.15) is 12.8 Å². The summed E-state index contributed by atoms with van der Waals surface area (Å²) in [6.45, 7) is 3.28. The van der Waals surface area contributed by atoms with Gasteiger partial charge in [-0.1, -0.05) is 0 Å². The smallest absolute Gasteiger partial charge is 0.246 e. The van der Waals surface area contributed by atoms with Gasteiger partial charge >= 0.3 is 0 Å². The lowest BCUT2D eigenvalue weighted by Crippen LogP contribution is -2.29. The van der Waals surface area contributed by atoms with E-state index in [1.807, 2.05) is 7.05 Å². The number of aromatic nitrogens is 2. The zero-order chi connectivity index (χ0) is 15.3. The van der Waals surface area contributed by atoms with Crippen molar-refractivity contribution in [2.24, 2.45) is 5.92 Å². The van der Waals surface area contributed by atoms with E-state index in [1.54, 1.807) is 18.0 Å². The number of hydrogen-bond acceptors (Lipinski definition) is 5. The van der Waals surface area contributed by atoms with Crippen LogP contribution < -0.4 is 5.32 Å². The minimum atomic E-state index is -3.42. The number of hydrogen-bond donors (Lipinski definition) is 1. The van der Waals surface area contributed by atoms with E-state index in [-0.39, 0.29) is 10.8 Å². The summed E-state index contributed by atoms with van der Waals surface area (Å²) in [7, 11) is 0.116. The van der Waals surface area contributed by atoms with Gasteiger partial charge in [0.2, 0.25) is 10.0 Å². The van der Waals surface area contributed by atoms with Crippen molar-refractivity contribution in [3.8, 4) is 0 Å². The predicted octanol–water partition coefficient (Wildman–Crippen LogP) is 0.150. The molecule has 0 saturated carbocycles. The van der Waals surface area contributed by atoms with Crippen LogP contribution in [0, 0.1) is 5.92 Å². The largest absolute Gasteiger partial charge is 0.384 e. The predicted molar refractivity (Wildman–Crippen MR) is 79.5 cm³/mol. The van der Waals surface area contributed by atoms with Gasteiger partial charge < -0.3 is 10.1 Å². The molecule has 0 bridgehead atoms. The molecule has 1 atom stereocenters. The van der Waals surface area contributed by atoms with Gasteiger partial charge in [-0.3, -0.25) is 4.68 Å². The average Bonchev–Trinajstić information content (AvgIpc) is 3.09. The Kier molecular flexibility index (Phi) is 5.74. The average molecular weight is 316 g/mol. The van der Waals surface area contributed by atoms with Gasteiger partial charge in [-0.05, 0) is 32.4 Å². The summed E-state index contributed by atoms with van der Waals surface area (Å²) in [4.78, 5) is 0.282. The SMILES string of the molecule is CNCCCn1cc(S(=O)(=O)N2CCC(COC)C2)cn1. The maximum absolute atomic E-state index is 12.5. The molecule has 0 amide bonds. The summed E-state index contributed by atoms with van der Waals surface area (Å²) in [6.07, 6.45) is 4.83. The summed E-state index contributed by atoms with van der Waals surface area (Å²) in [6, 6.07) is 0. The van der Waals surface area contributed by atoms with Crippen molar-refractivity contribution in [3.63, 3.8) is 0 Å². The van der Waals surface area contributed by atoms with Crippen molar-refractivity contribution in [2.45, 2.75) is 24.3 Å². The maximum atomic E-state index is 12.5. The van der Waals surface area contributed by atoms with E-state index >= 15 is 0 Å². The lowest BCUT2D eigenvalue weighted by atomic mass is 10.1. The molecular formula is C13H24N4O3S. The fourth-order valence-corrected chi connectivity index (χ4v) is 4.04. The highest BCUT2D eigenvalue weighted by atomic mass is 32.2. The highest BCUT2D eigenvalue weighted by molar-refractivity contribution is 7.89. The van der Waals surface area contributed by atoms with Gasteiger partial charge in [0.05, 0.1) is 12.8 Å². The highest BCUT2D eigenvalue weighted by Crippen LogP contribution is 2.24. The topological polar surface area (TPSA) is 76.5 Å². The number of rotatable bonds is 8. The molecule has 2 heterocycles. The minimum absolute atomic E-state index is 0.282. The quantitative estimate of drug-likeness (QED) is 0.691. The van der Waals surface area contributed by atoms with E-state index in [2.05, 4.69) is 10.4 Å². The van der Waals surface area contributed by atoms with Crippen molar-refractivity contribution in [3.05, 3.63) is 12.4 Å². The molecule has 0 aromatic carbocycles. The Bertz CT molecular complexity index is 543. The van der Waals surface area contributed by atoms with Crippen molar-refractivity contribution < 1.29 is 13.2 Å². The maximum Gasteiger partial charge on any atom is 0.246 e. The van der Waals surface area contributed by atoms with Crippen LogP contribution in [0.15, 0.2) is 17.3 Å². The molecular weight excluding hydrogens is 292 g/mol. The number of nitrogens with one attached hydrogen (secondary N) is 1. The van der Waals surface area contributed by atoms with Crippen LogP contribution in [-0.2, 0) is 21.3 Å². The molecule has 8 heteroatoms. The number of sulfonamides is 1. The Morgan fingerprint density at radius 2 is 2.33 bits per heavy atom. The third-order valence-corrected chi connectivity index (χ3v) is 5.53. The normalized spacial score (nSPS) is 20.2. The molecule has 21 heavy (non-hydrogen) atoms. The Labute approximate surface area is 126 Å². The standard InChI is InChI=1S/C13H24N4O3S/c1-14-5-3-6-16-10-13(8-15-16)21(18,19)17-7-4-12(9-17)11-20-2/h8,10,12,14H,3-7,9,11H2,1-2H3. The first-order chi connectivity index (χ1) is 10.1. The van der Waals surface area contributed by atoms with Gasteiger partial charge in [0, 0.05) is 32.9 Å². The lowest BCUT2D eigenvalue weighted by molar-refractivity contribution is 0.157. The molecule has 0 aliphatic carbocycles. The van der Waals surface area contributed by atoms with Gasteiger partial charge in [0.15, 0.2) is 0 Å². The molecule has 120 valence electrons. The second kappa shape index (κ2) is 7.35. The summed E-state index contributed by atoms with van der Waals surface area (Å²) >= 11 is 0. The number of methoxy groups -OCH3 is 1. The van der Waals surface area contributed by atoms with Crippen LogP contribution in [0.3, 0.4) is 0 Å². The van der Waals surface area contributed by atoms with E-state index < -0.39 is 10.0 Å². The molecule has 1 aromatic heterocycles. The summed E-state index contributed by atoms with van der Waals surface area (Å²) in [5, 5.41) is 7.20. The van der Waals surface area contributed by atoms with Gasteiger partial charge in [0.1, 0.15) is 4.90 Å². The van der Waals surface area contributed by atoms with Gasteiger partial charge in [-0.25, -0.2) is 8.42 Å². The van der Waals surface area contributed by atoms with Gasteiger partial charge in [0.25, 0.3) is 0 Å². The fourth-order valence-electron chi connectivity index (χ4n) is 2.55. The molecule has 1 aliphatic rings. The summed E-state index contributed by atoms with van der Waals surface area (Å²) in [5.41, 5.74) is 0. The molecule has 1 fully saturated rings. The van der Waals surface area contributed by atoms with Crippen molar-refractivity contribution in [1.82, 2.24) is 19.4 Å². The second-order valence-corrected chi connectivity index (χ2v) is 7.31. The zero-order valence-corrected chi connectivity index (χ0v) is 13.5. The Morgan fingerprint density at radius 1 is 1.52 bits per heavy atom. The first-order valence-electron chi connectivity index (χ1n) is 7.24. The Balaban J connectivity index is 2.00. The summed E-state index contributed by atoms with van der Waals surface area (Å²) < 4.78 is 33.4. The molecule has 1 aromatic rings. The Hall–Kier alpha value is -0.960. The van der Waals surface area contributed by atoms with E-state index in [0.717, 1.165) is 19.4 Å². The second-order valence-electron chi connectivity index (χ2n) is 5.37. The van der Waals surface area contributed by atoms with Crippen LogP contribution in [0.5, 0.6) is 0 Å². The van der Waals surface area contributed by atoms with E-state index in [0.29, 0.717) is 26.2 Å². The Morgan fingerprint density at radius 3 is 3.05 bits per heavy atom. The van der Waals surface area contributed by atoms with Crippen LogP contribution in [-0.4, -0.2) is 62.9 Å². The minimum Gasteiger partial charge on any atom is -0.384 e. The number of ether oxygens (including phenoxy) is 1. The molecule has 1 unspecified atom stereocenters. The van der Waals surface area contributed by atoms with Gasteiger partial charge in [-0.2, -0.15) is 9.40 Å². The van der Waals surface area contributed by atoms with E-state index in [1.165, 1.54) is 10.5 Å². The number of aryl methyl sites for hydroxylation is 1. The molecule has 2 rings (SSSR count). The molecule has 1 saturated heterocycles. The van der Waals surface area contributed by atoms with Crippen LogP contribution in [0.4, 0.5) is 0 Å².